The van der Waals surface area contributed by atoms with E-state index in [0.29, 0.717) is 17.6 Å². The molecule has 0 amide bonds. The highest BCUT2D eigenvalue weighted by atomic mass is 16.5. The smallest absolute Gasteiger partial charge is 0.0678 e. The molecule has 0 aromatic carbocycles. The van der Waals surface area contributed by atoms with Crippen LogP contribution in [0.25, 0.3) is 0 Å². The summed E-state index contributed by atoms with van der Waals surface area (Å²) in [4.78, 5) is 2.62. The monoisotopic (exact) mass is 282 g/mol. The maximum Gasteiger partial charge on any atom is 0.0678 e. The predicted molar refractivity (Wildman–Crippen MR) is 80.0 cm³/mol. The maximum atomic E-state index is 5.86. The molecule has 0 unspecified atom stereocenters. The quantitative estimate of drug-likeness (QED) is 0.831. The van der Waals surface area contributed by atoms with E-state index in [4.69, 9.17) is 9.47 Å². The minimum absolute atomic E-state index is 0.368. The van der Waals surface area contributed by atoms with Crippen molar-refractivity contribution in [2.75, 3.05) is 39.4 Å². The van der Waals surface area contributed by atoms with E-state index in [2.05, 4.69) is 24.1 Å². The summed E-state index contributed by atoms with van der Waals surface area (Å²) in [5.41, 5.74) is 0.414. The Kier molecular flexibility index (Phi) is 4.65. The van der Waals surface area contributed by atoms with Gasteiger partial charge in [-0.25, -0.2) is 0 Å². The summed E-state index contributed by atoms with van der Waals surface area (Å²) in [6, 6.07) is 0.803. The number of hydrogen-bond donors (Lipinski definition) is 1. The lowest BCUT2D eigenvalue weighted by Gasteiger charge is -2.44. The van der Waals surface area contributed by atoms with E-state index in [0.717, 1.165) is 32.3 Å². The number of ether oxygens (including phenoxy) is 2. The van der Waals surface area contributed by atoms with E-state index in [9.17, 15) is 0 Å². The van der Waals surface area contributed by atoms with Crippen LogP contribution in [0.3, 0.4) is 0 Å². The van der Waals surface area contributed by atoms with E-state index >= 15 is 0 Å². The zero-order chi connectivity index (χ0) is 14.0. The SMILES string of the molecule is C[C@@H]1CN(CC2(CNC3CC3)CCOCC2)C[C@H](C)O1. The van der Waals surface area contributed by atoms with Gasteiger partial charge in [0.15, 0.2) is 0 Å². The summed E-state index contributed by atoms with van der Waals surface area (Å²) < 4.78 is 11.5. The lowest BCUT2D eigenvalue weighted by atomic mass is 9.79. The molecule has 3 fully saturated rings. The average molecular weight is 282 g/mol. The topological polar surface area (TPSA) is 33.7 Å². The van der Waals surface area contributed by atoms with Crippen LogP contribution in [0.5, 0.6) is 0 Å². The molecule has 3 rings (SSSR count). The van der Waals surface area contributed by atoms with Crippen molar-refractivity contribution in [3.63, 3.8) is 0 Å². The number of hydrogen-bond acceptors (Lipinski definition) is 4. The second kappa shape index (κ2) is 6.30. The molecule has 4 nitrogen and oxygen atoms in total. The molecule has 20 heavy (non-hydrogen) atoms. The molecule has 0 spiro atoms. The Morgan fingerprint density at radius 1 is 1.10 bits per heavy atom. The zero-order valence-corrected chi connectivity index (χ0v) is 13.1. The third kappa shape index (κ3) is 3.94. The molecule has 2 heterocycles. The first-order valence-corrected chi connectivity index (χ1v) is 8.34. The van der Waals surface area contributed by atoms with Crippen molar-refractivity contribution in [1.29, 1.82) is 0 Å². The van der Waals surface area contributed by atoms with Crippen LogP contribution in [0, 0.1) is 5.41 Å². The Morgan fingerprint density at radius 3 is 2.35 bits per heavy atom. The first-order valence-electron chi connectivity index (χ1n) is 8.34. The van der Waals surface area contributed by atoms with Crippen LogP contribution < -0.4 is 5.32 Å². The van der Waals surface area contributed by atoms with Gasteiger partial charge in [0.2, 0.25) is 0 Å². The van der Waals surface area contributed by atoms with Crippen LogP contribution in [0.1, 0.15) is 39.5 Å². The number of morpholine rings is 1. The van der Waals surface area contributed by atoms with Gasteiger partial charge in [-0.2, -0.15) is 0 Å². The molecule has 4 heteroatoms. The molecular formula is C16H30N2O2. The van der Waals surface area contributed by atoms with Gasteiger partial charge in [-0.05, 0) is 44.9 Å². The number of nitrogens with zero attached hydrogens (tertiary/aromatic N) is 1. The van der Waals surface area contributed by atoms with Crippen molar-refractivity contribution in [2.45, 2.75) is 57.8 Å². The fourth-order valence-corrected chi connectivity index (χ4v) is 3.73. The van der Waals surface area contributed by atoms with Crippen LogP contribution in [-0.2, 0) is 9.47 Å². The van der Waals surface area contributed by atoms with Crippen molar-refractivity contribution >= 4 is 0 Å². The second-order valence-corrected chi connectivity index (χ2v) is 7.22. The Balaban J connectivity index is 1.59. The Bertz CT molecular complexity index is 304. The summed E-state index contributed by atoms with van der Waals surface area (Å²) in [5.74, 6) is 0. The highest BCUT2D eigenvalue weighted by molar-refractivity contribution is 4.92. The van der Waals surface area contributed by atoms with E-state index in [1.165, 1.54) is 38.8 Å². The molecule has 1 N–H and O–H groups in total. The summed E-state index contributed by atoms with van der Waals surface area (Å²) in [7, 11) is 0. The van der Waals surface area contributed by atoms with Gasteiger partial charge < -0.3 is 14.8 Å². The van der Waals surface area contributed by atoms with Gasteiger partial charge in [-0.1, -0.05) is 0 Å². The highest BCUT2D eigenvalue weighted by Gasteiger charge is 2.37. The summed E-state index contributed by atoms with van der Waals surface area (Å²) in [6.07, 6.45) is 5.88. The van der Waals surface area contributed by atoms with Crippen LogP contribution in [0.4, 0.5) is 0 Å². The molecule has 2 atom stereocenters. The first kappa shape index (κ1) is 14.8. The van der Waals surface area contributed by atoms with Crippen molar-refractivity contribution < 1.29 is 9.47 Å². The van der Waals surface area contributed by atoms with Gasteiger partial charge in [-0.3, -0.25) is 4.90 Å². The highest BCUT2D eigenvalue weighted by Crippen LogP contribution is 2.33. The van der Waals surface area contributed by atoms with Gasteiger partial charge in [-0.15, -0.1) is 0 Å². The van der Waals surface area contributed by atoms with Crippen LogP contribution in [0.2, 0.25) is 0 Å². The summed E-state index contributed by atoms with van der Waals surface area (Å²) in [6.45, 7) is 10.8. The average Bonchev–Trinajstić information content (AvgIpc) is 3.20. The molecular weight excluding hydrogens is 252 g/mol. The Labute approximate surface area is 123 Å². The van der Waals surface area contributed by atoms with Crippen LogP contribution in [-0.4, -0.2) is 62.5 Å². The minimum Gasteiger partial charge on any atom is -0.381 e. The largest absolute Gasteiger partial charge is 0.381 e. The van der Waals surface area contributed by atoms with Gasteiger partial charge in [0.1, 0.15) is 0 Å². The predicted octanol–water partition coefficient (Wildman–Crippen LogP) is 1.64. The van der Waals surface area contributed by atoms with Crippen molar-refractivity contribution in [1.82, 2.24) is 10.2 Å². The number of nitrogens with one attached hydrogen (secondary N) is 1. The lowest BCUT2D eigenvalue weighted by Crippen LogP contribution is -2.53. The van der Waals surface area contributed by atoms with E-state index in [-0.39, 0.29) is 0 Å². The first-order chi connectivity index (χ1) is 9.65. The van der Waals surface area contributed by atoms with Gasteiger partial charge >= 0.3 is 0 Å². The molecule has 0 aromatic rings. The normalized spacial score (nSPS) is 35.1. The molecule has 0 radical (unpaired) electrons. The van der Waals surface area contributed by atoms with Crippen LogP contribution >= 0.6 is 0 Å². The van der Waals surface area contributed by atoms with Crippen LogP contribution in [0.15, 0.2) is 0 Å². The molecule has 3 aliphatic rings. The van der Waals surface area contributed by atoms with E-state index in [1.807, 2.05) is 0 Å². The molecule has 1 aliphatic carbocycles. The summed E-state index contributed by atoms with van der Waals surface area (Å²) >= 11 is 0. The van der Waals surface area contributed by atoms with Gasteiger partial charge in [0, 0.05) is 45.4 Å². The van der Waals surface area contributed by atoms with E-state index < -0.39 is 0 Å². The van der Waals surface area contributed by atoms with Crippen molar-refractivity contribution in [3.8, 4) is 0 Å². The third-order valence-corrected chi connectivity index (χ3v) is 4.95. The van der Waals surface area contributed by atoms with Crippen molar-refractivity contribution in [3.05, 3.63) is 0 Å². The summed E-state index contributed by atoms with van der Waals surface area (Å²) in [5, 5.41) is 3.77. The molecule has 1 saturated carbocycles. The zero-order valence-electron chi connectivity index (χ0n) is 13.1. The Morgan fingerprint density at radius 2 is 1.75 bits per heavy atom. The molecule has 0 aromatic heterocycles. The lowest BCUT2D eigenvalue weighted by molar-refractivity contribution is -0.0876. The molecule has 0 bridgehead atoms. The fourth-order valence-electron chi connectivity index (χ4n) is 3.73. The third-order valence-electron chi connectivity index (χ3n) is 4.95. The molecule has 2 saturated heterocycles. The number of rotatable bonds is 5. The van der Waals surface area contributed by atoms with Gasteiger partial charge in [0.05, 0.1) is 12.2 Å². The Hall–Kier alpha value is -0.160. The molecule has 116 valence electrons. The fraction of sp³-hybridized carbons (Fsp3) is 1.00. The van der Waals surface area contributed by atoms with E-state index in [1.54, 1.807) is 0 Å². The minimum atomic E-state index is 0.368. The van der Waals surface area contributed by atoms with Crippen molar-refractivity contribution in [2.24, 2.45) is 5.41 Å². The second-order valence-electron chi connectivity index (χ2n) is 7.22. The van der Waals surface area contributed by atoms with Gasteiger partial charge in [0.25, 0.3) is 0 Å². The standard InChI is InChI=1S/C16H30N2O2/c1-13-9-18(10-14(2)20-13)12-16(5-7-19-8-6-16)11-17-15-3-4-15/h13-15,17H,3-12H2,1-2H3/t13-,14+. The maximum absolute atomic E-state index is 5.86. The molecule has 2 aliphatic heterocycles.